The molecular weight excluding hydrogens is 521 g/mol. The zero-order valence-electron chi connectivity index (χ0n) is 22.5. The van der Waals surface area contributed by atoms with Crippen LogP contribution in [-0.2, 0) is 34.7 Å². The Morgan fingerprint density at radius 2 is 2.05 bits per heavy atom. The number of carbonyl (C=O) groups is 1. The number of aryl methyl sites for hydroxylation is 1. The van der Waals surface area contributed by atoms with Crippen LogP contribution in [0.15, 0.2) is 16.9 Å². The van der Waals surface area contributed by atoms with E-state index in [-0.39, 0.29) is 36.0 Å². The Labute approximate surface area is 230 Å². The summed E-state index contributed by atoms with van der Waals surface area (Å²) in [5.74, 6) is -0.797. The number of amides is 1. The van der Waals surface area contributed by atoms with Crippen LogP contribution >= 0.6 is 12.2 Å². The SMILES string of the molecule is CC[C@@]1(O)C(=S)OCc2c1cc1n(c2=O)Cc2c-1nc1cc(F)c(C)c3c1c2[C@@H](N(C)C(=O)C(C)(C)O)CC3. The number of hydrogen-bond donors (Lipinski definition) is 2. The molecule has 2 aromatic heterocycles. The third-order valence-electron chi connectivity index (χ3n) is 8.66. The molecule has 204 valence electrons. The second kappa shape index (κ2) is 8.39. The number of thiocarbonyl (C=S) groups is 1. The fourth-order valence-electron chi connectivity index (χ4n) is 6.49. The Balaban J connectivity index is 1.66. The van der Waals surface area contributed by atoms with E-state index < -0.39 is 23.2 Å². The quantitative estimate of drug-likeness (QED) is 0.375. The van der Waals surface area contributed by atoms with Crippen LogP contribution in [0.1, 0.15) is 73.0 Å². The molecule has 10 heteroatoms. The molecule has 3 aromatic rings. The standard InChI is InChI=1S/C29H30FN3O5S/c1-6-29(37)17-9-21-24-15(11-33(21)25(34)16(17)12-38-27(29)39)23-20(32(5)26(35)28(3,4)36)8-7-14-13(2)18(30)10-19(31-24)22(14)23/h9-10,20,36-37H,6-8,11-12H2,1-5H3/t20-,29-/m0/s1. The molecule has 0 saturated carbocycles. The summed E-state index contributed by atoms with van der Waals surface area (Å²) in [6.07, 6.45) is 1.30. The van der Waals surface area contributed by atoms with Crippen LogP contribution in [-0.4, -0.2) is 48.3 Å². The Hall–Kier alpha value is -3.21. The van der Waals surface area contributed by atoms with Crippen molar-refractivity contribution in [2.45, 2.75) is 77.4 Å². The largest absolute Gasteiger partial charge is 0.479 e. The number of carbonyl (C=O) groups excluding carboxylic acids is 1. The third-order valence-corrected chi connectivity index (χ3v) is 9.11. The second-order valence-corrected chi connectivity index (χ2v) is 11.7. The lowest BCUT2D eigenvalue weighted by molar-refractivity contribution is -0.149. The van der Waals surface area contributed by atoms with Gasteiger partial charge in [-0.3, -0.25) is 9.59 Å². The van der Waals surface area contributed by atoms with Crippen molar-refractivity contribution in [3.8, 4) is 11.4 Å². The fourth-order valence-corrected chi connectivity index (χ4v) is 6.80. The van der Waals surface area contributed by atoms with Gasteiger partial charge in [0, 0.05) is 29.6 Å². The molecule has 2 aliphatic heterocycles. The number of aliphatic hydroxyl groups is 2. The van der Waals surface area contributed by atoms with Gasteiger partial charge in [-0.1, -0.05) is 6.92 Å². The smallest absolute Gasteiger partial charge is 0.258 e. The van der Waals surface area contributed by atoms with Gasteiger partial charge in [0.05, 0.1) is 35.1 Å². The van der Waals surface area contributed by atoms with Crippen LogP contribution in [0, 0.1) is 12.7 Å². The molecule has 0 spiro atoms. The van der Waals surface area contributed by atoms with Gasteiger partial charge in [-0.05, 0) is 75.0 Å². The summed E-state index contributed by atoms with van der Waals surface area (Å²) in [4.78, 5) is 33.4. The van der Waals surface area contributed by atoms with Gasteiger partial charge in [0.15, 0.2) is 10.7 Å². The van der Waals surface area contributed by atoms with Gasteiger partial charge in [-0.25, -0.2) is 9.37 Å². The third kappa shape index (κ3) is 3.47. The van der Waals surface area contributed by atoms with E-state index in [1.807, 2.05) is 0 Å². The number of halogens is 1. The Morgan fingerprint density at radius 1 is 1.33 bits per heavy atom. The first kappa shape index (κ1) is 26.0. The van der Waals surface area contributed by atoms with E-state index in [1.165, 1.54) is 19.9 Å². The van der Waals surface area contributed by atoms with Crippen molar-refractivity contribution >= 4 is 34.1 Å². The van der Waals surface area contributed by atoms with Crippen LogP contribution < -0.4 is 5.56 Å². The van der Waals surface area contributed by atoms with E-state index in [9.17, 15) is 19.8 Å². The summed E-state index contributed by atoms with van der Waals surface area (Å²) in [6.45, 7) is 6.60. The highest BCUT2D eigenvalue weighted by Gasteiger charge is 2.44. The molecule has 1 amide bonds. The Bertz CT molecular complexity index is 1690. The number of benzene rings is 1. The normalized spacial score (nSPS) is 21.3. The molecule has 2 atom stereocenters. The van der Waals surface area contributed by atoms with E-state index in [2.05, 4.69) is 0 Å². The second-order valence-electron chi connectivity index (χ2n) is 11.3. The molecule has 1 aromatic carbocycles. The summed E-state index contributed by atoms with van der Waals surface area (Å²) in [5.41, 5.74) is 1.72. The molecule has 0 fully saturated rings. The molecule has 0 radical (unpaired) electrons. The van der Waals surface area contributed by atoms with Gasteiger partial charge >= 0.3 is 0 Å². The summed E-state index contributed by atoms with van der Waals surface area (Å²) >= 11 is 5.32. The number of rotatable bonds is 3. The zero-order valence-corrected chi connectivity index (χ0v) is 23.3. The molecule has 4 heterocycles. The molecule has 6 rings (SSSR count). The first-order chi connectivity index (χ1) is 18.3. The van der Waals surface area contributed by atoms with E-state index >= 15 is 4.39 Å². The summed E-state index contributed by atoms with van der Waals surface area (Å²) in [6, 6.07) is 2.74. The number of fused-ring (bicyclic) bond motifs is 5. The van der Waals surface area contributed by atoms with Crippen molar-refractivity contribution in [3.63, 3.8) is 0 Å². The van der Waals surface area contributed by atoms with Crippen molar-refractivity contribution in [1.29, 1.82) is 0 Å². The van der Waals surface area contributed by atoms with Crippen LogP contribution in [0.2, 0.25) is 0 Å². The minimum atomic E-state index is -1.59. The number of hydrogen-bond acceptors (Lipinski definition) is 7. The molecule has 8 nitrogen and oxygen atoms in total. The van der Waals surface area contributed by atoms with E-state index in [1.54, 1.807) is 36.4 Å². The lowest BCUT2D eigenvalue weighted by Gasteiger charge is -2.37. The predicted octanol–water partition coefficient (Wildman–Crippen LogP) is 3.54. The van der Waals surface area contributed by atoms with E-state index in [0.29, 0.717) is 46.4 Å². The number of pyridine rings is 2. The lowest BCUT2D eigenvalue weighted by Crippen LogP contribution is -2.45. The average molecular weight is 552 g/mol. The minimum absolute atomic E-state index is 0.0237. The maximum Gasteiger partial charge on any atom is 0.258 e. The highest BCUT2D eigenvalue weighted by Crippen LogP contribution is 2.47. The molecule has 2 N–H and O–H groups in total. The number of aromatic nitrogens is 2. The first-order valence-electron chi connectivity index (χ1n) is 13.1. The Kier molecular flexibility index (Phi) is 5.60. The van der Waals surface area contributed by atoms with Gasteiger partial charge < -0.3 is 24.4 Å². The van der Waals surface area contributed by atoms with Crippen LogP contribution in [0.25, 0.3) is 22.3 Å². The molecule has 3 aliphatic rings. The van der Waals surface area contributed by atoms with Crippen molar-refractivity contribution in [2.24, 2.45) is 0 Å². The van der Waals surface area contributed by atoms with Gasteiger partial charge in [-0.2, -0.15) is 0 Å². The van der Waals surface area contributed by atoms with Gasteiger partial charge in [0.2, 0.25) is 0 Å². The number of nitrogens with zero attached hydrogens (tertiary/aromatic N) is 3. The number of likely N-dealkylation sites (N-methyl/N-ethyl adjacent to an activating group) is 1. The van der Waals surface area contributed by atoms with Gasteiger partial charge in [0.1, 0.15) is 18.0 Å². The molecular formula is C29H30FN3O5S. The predicted molar refractivity (Wildman–Crippen MR) is 147 cm³/mol. The number of ether oxygens (including phenoxy) is 1. The van der Waals surface area contributed by atoms with Gasteiger partial charge in [-0.15, -0.1) is 0 Å². The van der Waals surface area contributed by atoms with Crippen LogP contribution in [0.4, 0.5) is 4.39 Å². The fraction of sp³-hybridized carbons (Fsp3) is 0.448. The zero-order chi connectivity index (χ0) is 28.2. The summed E-state index contributed by atoms with van der Waals surface area (Å²) < 4.78 is 22.2. The maximum absolute atomic E-state index is 15.1. The average Bonchev–Trinajstić information content (AvgIpc) is 3.27. The monoisotopic (exact) mass is 551 g/mol. The Morgan fingerprint density at radius 3 is 2.72 bits per heavy atom. The minimum Gasteiger partial charge on any atom is -0.479 e. The van der Waals surface area contributed by atoms with Crippen LogP contribution in [0.3, 0.4) is 0 Å². The molecule has 1 aliphatic carbocycles. The molecule has 0 saturated heterocycles. The van der Waals surface area contributed by atoms with Crippen LogP contribution in [0.5, 0.6) is 0 Å². The van der Waals surface area contributed by atoms with E-state index in [4.69, 9.17) is 21.9 Å². The first-order valence-corrected chi connectivity index (χ1v) is 13.5. The highest BCUT2D eigenvalue weighted by molar-refractivity contribution is 7.80. The van der Waals surface area contributed by atoms with Gasteiger partial charge in [0.25, 0.3) is 11.5 Å². The molecule has 0 bridgehead atoms. The summed E-state index contributed by atoms with van der Waals surface area (Å²) in [7, 11) is 1.66. The van der Waals surface area contributed by atoms with Crippen molar-refractivity contribution in [1.82, 2.24) is 14.5 Å². The summed E-state index contributed by atoms with van der Waals surface area (Å²) in [5, 5.41) is 22.7. The topological polar surface area (TPSA) is 105 Å². The van der Waals surface area contributed by atoms with E-state index in [0.717, 1.165) is 22.1 Å². The maximum atomic E-state index is 15.1. The van der Waals surface area contributed by atoms with Crippen molar-refractivity contribution in [3.05, 3.63) is 61.7 Å². The highest BCUT2D eigenvalue weighted by atomic mass is 32.1. The lowest BCUT2D eigenvalue weighted by atomic mass is 9.81. The van der Waals surface area contributed by atoms with Crippen molar-refractivity contribution in [2.75, 3.05) is 7.05 Å². The molecule has 39 heavy (non-hydrogen) atoms. The molecule has 0 unspecified atom stereocenters. The van der Waals surface area contributed by atoms with Crippen molar-refractivity contribution < 1.29 is 24.1 Å².